The zero-order valence-electron chi connectivity index (χ0n) is 24.8. The Bertz CT molecular complexity index is 1720. The lowest BCUT2D eigenvalue weighted by Gasteiger charge is -2.35. The minimum Gasteiger partial charge on any atom is -0.454 e. The quantitative estimate of drug-likeness (QED) is 0.172. The maximum atomic E-state index is 13.2. The molecule has 0 unspecified atom stereocenters. The van der Waals surface area contributed by atoms with E-state index in [2.05, 4.69) is 15.4 Å². The average Bonchev–Trinajstić information content (AvgIpc) is 3.50. The zero-order valence-corrected chi connectivity index (χ0v) is 25.6. The molecule has 3 aromatic carbocycles. The monoisotopic (exact) mass is 639 g/mol. The van der Waals surface area contributed by atoms with Crippen LogP contribution in [-0.4, -0.2) is 79.7 Å². The van der Waals surface area contributed by atoms with Crippen LogP contribution in [0.25, 0.3) is 0 Å². The number of fused-ring (bicyclic) bond motifs is 1. The highest BCUT2D eigenvalue weighted by molar-refractivity contribution is 7.89. The van der Waals surface area contributed by atoms with E-state index in [9.17, 15) is 28.6 Å². The predicted molar refractivity (Wildman–Crippen MR) is 168 cm³/mol. The number of hydrogen-bond acceptors (Lipinski definition) is 12. The van der Waals surface area contributed by atoms with E-state index in [0.717, 1.165) is 29.7 Å². The van der Waals surface area contributed by atoms with Crippen molar-refractivity contribution in [2.24, 2.45) is 5.10 Å². The molecule has 238 valence electrons. The smallest absolute Gasteiger partial charge is 0.293 e. The zero-order chi connectivity index (χ0) is 32.1. The molecular formula is C29H33N7O8S. The second-order valence-corrected chi connectivity index (χ2v) is 12.3. The number of anilines is 2. The van der Waals surface area contributed by atoms with Gasteiger partial charge in [-0.3, -0.25) is 30.6 Å². The molecule has 0 bridgehead atoms. The fourth-order valence-corrected chi connectivity index (χ4v) is 6.91. The average molecular weight is 640 g/mol. The molecule has 0 aliphatic carbocycles. The Morgan fingerprint density at radius 3 is 2.36 bits per heavy atom. The van der Waals surface area contributed by atoms with Gasteiger partial charge in [-0.1, -0.05) is 26.0 Å². The molecule has 45 heavy (non-hydrogen) atoms. The van der Waals surface area contributed by atoms with Gasteiger partial charge < -0.3 is 14.4 Å². The molecule has 0 atom stereocenters. The molecule has 0 spiro atoms. The van der Waals surface area contributed by atoms with Gasteiger partial charge in [0.2, 0.25) is 16.8 Å². The molecule has 1 N–H and O–H groups in total. The van der Waals surface area contributed by atoms with E-state index >= 15 is 0 Å². The highest BCUT2D eigenvalue weighted by Gasteiger charge is 2.28. The number of hydrazone groups is 1. The van der Waals surface area contributed by atoms with Gasteiger partial charge in [-0.05, 0) is 29.8 Å². The Labute approximate surface area is 260 Å². The predicted octanol–water partition coefficient (Wildman–Crippen LogP) is 4.03. The van der Waals surface area contributed by atoms with Crippen LogP contribution in [0.3, 0.4) is 0 Å². The van der Waals surface area contributed by atoms with Crippen molar-refractivity contribution in [3.63, 3.8) is 0 Å². The van der Waals surface area contributed by atoms with Crippen molar-refractivity contribution in [3.8, 4) is 11.5 Å². The number of nitrogens with one attached hydrogen (secondary N) is 1. The second-order valence-electron chi connectivity index (χ2n) is 10.4. The number of sulfonamides is 1. The highest BCUT2D eigenvalue weighted by atomic mass is 32.2. The van der Waals surface area contributed by atoms with E-state index < -0.39 is 19.9 Å². The Kier molecular flexibility index (Phi) is 9.45. The van der Waals surface area contributed by atoms with Crippen molar-refractivity contribution in [1.29, 1.82) is 0 Å². The summed E-state index contributed by atoms with van der Waals surface area (Å²) in [5, 5.41) is 27.5. The van der Waals surface area contributed by atoms with Gasteiger partial charge in [0.25, 0.3) is 11.4 Å². The summed E-state index contributed by atoms with van der Waals surface area (Å²) >= 11 is 0. The summed E-state index contributed by atoms with van der Waals surface area (Å²) in [5.74, 6) is 1.47. The minimum atomic E-state index is -4.06. The van der Waals surface area contributed by atoms with E-state index in [0.29, 0.717) is 37.4 Å². The molecule has 1 saturated heterocycles. The van der Waals surface area contributed by atoms with Crippen molar-refractivity contribution >= 4 is 39.0 Å². The summed E-state index contributed by atoms with van der Waals surface area (Å²) < 4.78 is 38.4. The molecule has 0 amide bonds. The van der Waals surface area contributed by atoms with Crippen LogP contribution >= 0.6 is 0 Å². The molecule has 2 aliphatic rings. The molecule has 2 aliphatic heterocycles. The van der Waals surface area contributed by atoms with E-state index in [4.69, 9.17) is 9.47 Å². The normalized spacial score (nSPS) is 15.1. The van der Waals surface area contributed by atoms with Crippen LogP contribution in [0.2, 0.25) is 0 Å². The number of hydrogen-bond donors (Lipinski definition) is 1. The molecule has 2 heterocycles. The lowest BCUT2D eigenvalue weighted by Crippen LogP contribution is -2.46. The Morgan fingerprint density at radius 2 is 1.67 bits per heavy atom. The standard InChI is InChI=1S/C29H33N7O8S/c1-3-34(4-2)45(41,42)29-17-23(35(37)38)7-8-24(29)31-30-18-21-5-9-25(26(15-21)36(39)40)33-13-11-32(12-14-33)19-22-6-10-27-28(16-22)44-20-43-27/h5-10,15-18,31H,3-4,11-14,19-20H2,1-2H3/b30-18-. The van der Waals surface area contributed by atoms with Crippen LogP contribution in [0, 0.1) is 20.2 Å². The van der Waals surface area contributed by atoms with Gasteiger partial charge in [0.1, 0.15) is 10.6 Å². The van der Waals surface area contributed by atoms with Gasteiger partial charge in [0, 0.05) is 69.6 Å². The SMILES string of the molecule is CCN(CC)S(=O)(=O)c1cc([N+](=O)[O-])ccc1N/N=C\c1ccc(N2CCN(Cc3ccc4c(c3)OCO4)CC2)c([N+](=O)[O-])c1. The first-order chi connectivity index (χ1) is 21.6. The minimum absolute atomic E-state index is 0.0356. The van der Waals surface area contributed by atoms with Crippen LogP contribution in [0.4, 0.5) is 22.7 Å². The third kappa shape index (κ3) is 6.97. The molecule has 16 heteroatoms. The number of rotatable bonds is 12. The van der Waals surface area contributed by atoms with Gasteiger partial charge >= 0.3 is 0 Å². The van der Waals surface area contributed by atoms with E-state index in [1.807, 2.05) is 23.1 Å². The third-order valence-electron chi connectivity index (χ3n) is 7.65. The van der Waals surface area contributed by atoms with Gasteiger partial charge in [-0.15, -0.1) is 0 Å². The van der Waals surface area contributed by atoms with Gasteiger partial charge in [-0.25, -0.2) is 8.42 Å². The van der Waals surface area contributed by atoms with Crippen LogP contribution in [0.1, 0.15) is 25.0 Å². The lowest BCUT2D eigenvalue weighted by molar-refractivity contribution is -0.385. The number of ether oxygens (including phenoxy) is 2. The third-order valence-corrected chi connectivity index (χ3v) is 9.74. The van der Waals surface area contributed by atoms with Crippen molar-refractivity contribution < 1.29 is 27.7 Å². The topological polar surface area (TPSA) is 173 Å². The van der Waals surface area contributed by atoms with E-state index in [1.165, 1.54) is 28.7 Å². The van der Waals surface area contributed by atoms with Gasteiger partial charge in [0.15, 0.2) is 11.5 Å². The molecule has 15 nitrogen and oxygen atoms in total. The Morgan fingerprint density at radius 1 is 0.933 bits per heavy atom. The van der Waals surface area contributed by atoms with Crippen molar-refractivity contribution in [3.05, 3.63) is 86.0 Å². The molecule has 0 saturated carbocycles. The number of non-ortho nitro benzene ring substituents is 1. The number of nitro groups is 2. The number of nitrogens with zero attached hydrogens (tertiary/aromatic N) is 6. The Hall–Kier alpha value is -4.80. The maximum Gasteiger partial charge on any atom is 0.293 e. The number of benzene rings is 3. The first-order valence-electron chi connectivity index (χ1n) is 14.3. The van der Waals surface area contributed by atoms with Crippen LogP contribution < -0.4 is 19.8 Å². The lowest BCUT2D eigenvalue weighted by atomic mass is 10.1. The van der Waals surface area contributed by atoms with E-state index in [-0.39, 0.29) is 41.8 Å². The van der Waals surface area contributed by atoms with Crippen LogP contribution in [-0.2, 0) is 16.6 Å². The summed E-state index contributed by atoms with van der Waals surface area (Å²) in [7, 11) is -4.06. The summed E-state index contributed by atoms with van der Waals surface area (Å²) in [6.45, 7) is 7.27. The van der Waals surface area contributed by atoms with E-state index in [1.54, 1.807) is 26.0 Å². The summed E-state index contributed by atoms with van der Waals surface area (Å²) in [5.41, 5.74) is 4.23. The first kappa shape index (κ1) is 31.6. The first-order valence-corrected chi connectivity index (χ1v) is 15.8. The Balaban J connectivity index is 1.28. The highest BCUT2D eigenvalue weighted by Crippen LogP contribution is 2.34. The summed E-state index contributed by atoms with van der Waals surface area (Å²) in [4.78, 5) is 26.2. The molecular weight excluding hydrogens is 606 g/mol. The molecule has 0 radical (unpaired) electrons. The summed E-state index contributed by atoms with van der Waals surface area (Å²) in [6, 6.07) is 14.1. The molecule has 3 aromatic rings. The van der Waals surface area contributed by atoms with Gasteiger partial charge in [0.05, 0.1) is 21.7 Å². The number of nitro benzene ring substituents is 2. The molecule has 5 rings (SSSR count). The maximum absolute atomic E-state index is 13.2. The fraction of sp³-hybridized carbons (Fsp3) is 0.345. The van der Waals surface area contributed by atoms with Crippen molar-refractivity contribution in [1.82, 2.24) is 9.21 Å². The molecule has 1 fully saturated rings. The molecule has 0 aromatic heterocycles. The second kappa shape index (κ2) is 13.5. The fourth-order valence-electron chi connectivity index (χ4n) is 5.29. The van der Waals surface area contributed by atoms with Crippen LogP contribution in [0.15, 0.2) is 64.6 Å². The largest absolute Gasteiger partial charge is 0.454 e. The van der Waals surface area contributed by atoms with Gasteiger partial charge in [-0.2, -0.15) is 9.41 Å². The van der Waals surface area contributed by atoms with Crippen LogP contribution in [0.5, 0.6) is 11.5 Å². The number of piperazine rings is 1. The van der Waals surface area contributed by atoms with Crippen molar-refractivity contribution in [2.75, 3.05) is 56.4 Å². The summed E-state index contributed by atoms with van der Waals surface area (Å²) in [6.07, 6.45) is 1.33. The van der Waals surface area contributed by atoms with Crippen molar-refractivity contribution in [2.45, 2.75) is 25.3 Å².